The normalized spacial score (nSPS) is 11.2. The minimum Gasteiger partial charge on any atom is -0.303 e. The predicted octanol–water partition coefficient (Wildman–Crippen LogP) is 2.66. The van der Waals surface area contributed by atoms with E-state index >= 15 is 0 Å². The molecule has 0 aliphatic rings. The molecule has 0 unspecified atom stereocenters. The summed E-state index contributed by atoms with van der Waals surface area (Å²) >= 11 is 5.30. The lowest BCUT2D eigenvalue weighted by molar-refractivity contribution is 0.401. The summed E-state index contributed by atoms with van der Waals surface area (Å²) in [6.45, 7) is 3.10. The maximum atomic E-state index is 4.59. The third-order valence-electron chi connectivity index (χ3n) is 1.73. The molecule has 4 heteroatoms. The number of halogens is 1. The largest absolute Gasteiger partial charge is 0.303 e. The lowest BCUT2D eigenvalue weighted by Gasteiger charge is -2.04. The van der Waals surface area contributed by atoms with Gasteiger partial charge < -0.3 is 4.90 Å². The van der Waals surface area contributed by atoms with Crippen LogP contribution in [0.4, 0.5) is 0 Å². The number of hydrogen-bond donors (Lipinski definition) is 0. The van der Waals surface area contributed by atoms with Crippen LogP contribution in [-0.4, -0.2) is 24.0 Å². The van der Waals surface area contributed by atoms with Crippen molar-refractivity contribution in [3.05, 3.63) is 15.6 Å². The van der Waals surface area contributed by atoms with Gasteiger partial charge in [0.2, 0.25) is 0 Å². The van der Waals surface area contributed by atoms with Gasteiger partial charge >= 0.3 is 0 Å². The molecule has 0 aromatic carbocycles. The zero-order chi connectivity index (χ0) is 9.84. The highest BCUT2D eigenvalue weighted by molar-refractivity contribution is 9.08. The Morgan fingerprint density at radius 1 is 1.46 bits per heavy atom. The van der Waals surface area contributed by atoms with E-state index in [1.807, 2.05) is 11.3 Å². The number of alkyl halides is 1. The molecule has 0 N–H and O–H groups in total. The van der Waals surface area contributed by atoms with Gasteiger partial charge in [-0.05, 0) is 20.5 Å². The molecule has 0 aliphatic heterocycles. The summed E-state index contributed by atoms with van der Waals surface area (Å²) in [5.41, 5.74) is 1.25. The average Bonchev–Trinajstić information content (AvgIpc) is 2.45. The van der Waals surface area contributed by atoms with Gasteiger partial charge in [0.25, 0.3) is 0 Å². The highest BCUT2D eigenvalue weighted by Crippen LogP contribution is 2.22. The highest BCUT2D eigenvalue weighted by Gasteiger charge is 2.08. The van der Waals surface area contributed by atoms with E-state index in [9.17, 15) is 0 Å². The molecule has 0 fully saturated rings. The molecule has 74 valence electrons. The monoisotopic (exact) mass is 262 g/mol. The fourth-order valence-electron chi connectivity index (χ4n) is 1.16. The standard InChI is InChI=1S/C9H15BrN2S/c1-4-7-8(5-10)13-9(11-7)6-12(2)3/h4-6H2,1-3H3. The van der Waals surface area contributed by atoms with Crippen molar-refractivity contribution in [3.63, 3.8) is 0 Å². The van der Waals surface area contributed by atoms with E-state index in [-0.39, 0.29) is 0 Å². The molecule has 13 heavy (non-hydrogen) atoms. The van der Waals surface area contributed by atoms with E-state index in [0.29, 0.717) is 0 Å². The molecule has 1 aromatic heterocycles. The maximum Gasteiger partial charge on any atom is 0.107 e. The Kier molecular flexibility index (Phi) is 4.35. The Morgan fingerprint density at radius 2 is 2.15 bits per heavy atom. The molecule has 0 atom stereocenters. The second kappa shape index (κ2) is 5.08. The Labute approximate surface area is 92.1 Å². The molecule has 0 amide bonds. The lowest BCUT2D eigenvalue weighted by Crippen LogP contribution is -2.10. The summed E-state index contributed by atoms with van der Waals surface area (Å²) in [4.78, 5) is 8.11. The van der Waals surface area contributed by atoms with Crippen LogP contribution in [0, 0.1) is 0 Å². The smallest absolute Gasteiger partial charge is 0.107 e. The number of aryl methyl sites for hydroxylation is 1. The summed E-state index contributed by atoms with van der Waals surface area (Å²) in [5.74, 6) is 0. The molecular formula is C9H15BrN2S. The molecular weight excluding hydrogens is 248 g/mol. The van der Waals surface area contributed by atoms with E-state index in [1.165, 1.54) is 15.6 Å². The molecule has 0 saturated heterocycles. The van der Waals surface area contributed by atoms with E-state index in [2.05, 4.69) is 46.8 Å². The first kappa shape index (κ1) is 11.1. The van der Waals surface area contributed by atoms with Crippen molar-refractivity contribution in [2.75, 3.05) is 14.1 Å². The molecule has 0 saturated carbocycles. The lowest BCUT2D eigenvalue weighted by atomic mass is 10.3. The van der Waals surface area contributed by atoms with Crippen LogP contribution in [0.5, 0.6) is 0 Å². The van der Waals surface area contributed by atoms with Gasteiger partial charge in [-0.1, -0.05) is 22.9 Å². The molecule has 0 bridgehead atoms. The van der Waals surface area contributed by atoms with Gasteiger partial charge in [0, 0.05) is 16.8 Å². The van der Waals surface area contributed by atoms with Crippen molar-refractivity contribution in [2.45, 2.75) is 25.2 Å². The van der Waals surface area contributed by atoms with E-state index in [1.54, 1.807) is 0 Å². The molecule has 2 nitrogen and oxygen atoms in total. The number of nitrogens with zero attached hydrogens (tertiary/aromatic N) is 2. The Hall–Kier alpha value is 0.0700. The number of thiazole rings is 1. The van der Waals surface area contributed by atoms with Gasteiger partial charge in [-0.2, -0.15) is 0 Å². The van der Waals surface area contributed by atoms with Gasteiger partial charge in [0.15, 0.2) is 0 Å². The van der Waals surface area contributed by atoms with Crippen LogP contribution in [0.3, 0.4) is 0 Å². The van der Waals surface area contributed by atoms with Crippen molar-refractivity contribution < 1.29 is 0 Å². The fourth-order valence-corrected chi connectivity index (χ4v) is 2.95. The second-order valence-electron chi connectivity index (χ2n) is 3.20. The summed E-state index contributed by atoms with van der Waals surface area (Å²) in [6, 6.07) is 0. The van der Waals surface area contributed by atoms with Crippen LogP contribution in [0.2, 0.25) is 0 Å². The molecule has 1 aromatic rings. The third-order valence-corrected chi connectivity index (χ3v) is 3.74. The number of aromatic nitrogens is 1. The van der Waals surface area contributed by atoms with Crippen molar-refractivity contribution in [3.8, 4) is 0 Å². The molecule has 1 heterocycles. The quantitative estimate of drug-likeness (QED) is 0.776. The number of rotatable bonds is 4. The zero-order valence-corrected chi connectivity index (χ0v) is 10.7. The van der Waals surface area contributed by atoms with Gasteiger partial charge in [-0.25, -0.2) is 4.98 Å². The minimum absolute atomic E-state index is 0.932. The first-order valence-corrected chi connectivity index (χ1v) is 6.29. The second-order valence-corrected chi connectivity index (χ2v) is 4.93. The van der Waals surface area contributed by atoms with Crippen LogP contribution in [0.15, 0.2) is 0 Å². The van der Waals surface area contributed by atoms with Crippen molar-refractivity contribution in [1.29, 1.82) is 0 Å². The van der Waals surface area contributed by atoms with Gasteiger partial charge in [-0.15, -0.1) is 11.3 Å². The van der Waals surface area contributed by atoms with Crippen molar-refractivity contribution in [1.82, 2.24) is 9.88 Å². The first-order valence-electron chi connectivity index (χ1n) is 4.35. The van der Waals surface area contributed by atoms with E-state index < -0.39 is 0 Å². The molecule has 0 spiro atoms. The van der Waals surface area contributed by atoms with Gasteiger partial charge in [0.1, 0.15) is 5.01 Å². The summed E-state index contributed by atoms with van der Waals surface area (Å²) < 4.78 is 0. The van der Waals surface area contributed by atoms with Gasteiger partial charge in [0.05, 0.1) is 5.69 Å². The molecule has 0 aliphatic carbocycles. The van der Waals surface area contributed by atoms with Crippen LogP contribution in [-0.2, 0) is 18.3 Å². The first-order chi connectivity index (χ1) is 6.17. The van der Waals surface area contributed by atoms with Crippen LogP contribution in [0.25, 0.3) is 0 Å². The predicted molar refractivity (Wildman–Crippen MR) is 61.5 cm³/mol. The average molecular weight is 263 g/mol. The fraction of sp³-hybridized carbons (Fsp3) is 0.667. The van der Waals surface area contributed by atoms with Crippen molar-refractivity contribution >= 4 is 27.3 Å². The van der Waals surface area contributed by atoms with Crippen molar-refractivity contribution in [2.24, 2.45) is 0 Å². The van der Waals surface area contributed by atoms with Crippen LogP contribution >= 0.6 is 27.3 Å². The Morgan fingerprint density at radius 3 is 2.54 bits per heavy atom. The van der Waals surface area contributed by atoms with Crippen LogP contribution < -0.4 is 0 Å². The molecule has 1 rings (SSSR count). The summed E-state index contributed by atoms with van der Waals surface area (Å²) in [6.07, 6.45) is 1.03. The van der Waals surface area contributed by atoms with E-state index in [0.717, 1.165) is 18.3 Å². The Bertz CT molecular complexity index is 249. The summed E-state index contributed by atoms with van der Waals surface area (Å²) in [7, 11) is 4.14. The number of hydrogen-bond acceptors (Lipinski definition) is 3. The van der Waals surface area contributed by atoms with Gasteiger partial charge in [-0.3, -0.25) is 0 Å². The topological polar surface area (TPSA) is 16.1 Å². The summed E-state index contributed by atoms with van der Waals surface area (Å²) in [5, 5.41) is 2.15. The third kappa shape index (κ3) is 3.04. The Balaban J connectivity index is 2.80. The minimum atomic E-state index is 0.932. The van der Waals surface area contributed by atoms with Crippen LogP contribution in [0.1, 0.15) is 22.5 Å². The SMILES string of the molecule is CCc1nc(CN(C)C)sc1CBr. The zero-order valence-electron chi connectivity index (χ0n) is 8.30. The molecule has 0 radical (unpaired) electrons. The van der Waals surface area contributed by atoms with E-state index in [4.69, 9.17) is 0 Å². The maximum absolute atomic E-state index is 4.59. The highest BCUT2D eigenvalue weighted by atomic mass is 79.9.